The summed E-state index contributed by atoms with van der Waals surface area (Å²) in [5.74, 6) is -0.975. The third-order valence-corrected chi connectivity index (χ3v) is 3.26. The predicted molar refractivity (Wildman–Crippen MR) is 70.2 cm³/mol. The minimum atomic E-state index is -4.57. The lowest BCUT2D eigenvalue weighted by Crippen LogP contribution is -2.32. The highest BCUT2D eigenvalue weighted by Crippen LogP contribution is 2.37. The molecule has 1 aromatic carbocycles. The van der Waals surface area contributed by atoms with E-state index in [9.17, 15) is 13.2 Å². The van der Waals surface area contributed by atoms with Gasteiger partial charge in [-0.2, -0.15) is 13.2 Å². The number of imidazole rings is 1. The Morgan fingerprint density at radius 1 is 1.30 bits per heavy atom. The number of aliphatic hydroxyl groups excluding tert-OH is 1. The number of nitrogens with two attached hydrogens (primary N) is 1. The number of hydrogen-bond acceptors (Lipinski definition) is 3. The second kappa shape index (κ2) is 4.66. The van der Waals surface area contributed by atoms with Gasteiger partial charge in [0.25, 0.3) is 0 Å². The van der Waals surface area contributed by atoms with Gasteiger partial charge in [-0.15, -0.1) is 0 Å². The van der Waals surface area contributed by atoms with Crippen molar-refractivity contribution >= 4 is 16.7 Å². The lowest BCUT2D eigenvalue weighted by atomic mass is 10.00. The van der Waals surface area contributed by atoms with Crippen LogP contribution >= 0.6 is 0 Å². The van der Waals surface area contributed by atoms with Gasteiger partial charge in [0.05, 0.1) is 11.0 Å². The van der Waals surface area contributed by atoms with Crippen LogP contribution in [-0.4, -0.2) is 21.3 Å². The van der Waals surface area contributed by atoms with Crippen LogP contribution in [0.5, 0.6) is 0 Å². The van der Waals surface area contributed by atoms with E-state index < -0.39 is 17.5 Å². The Hall–Kier alpha value is -1.76. The molecule has 0 amide bonds. The molecule has 0 bridgehead atoms. The molecule has 2 rings (SSSR count). The number of anilines is 1. The first kappa shape index (κ1) is 14.6. The number of nitrogen functional groups attached to an aromatic ring is 1. The van der Waals surface area contributed by atoms with E-state index in [1.54, 1.807) is 13.8 Å². The highest BCUT2D eigenvalue weighted by molar-refractivity contribution is 5.80. The zero-order valence-electron chi connectivity index (χ0n) is 11.2. The van der Waals surface area contributed by atoms with E-state index in [-0.39, 0.29) is 18.5 Å². The van der Waals surface area contributed by atoms with Gasteiger partial charge in [-0.05, 0) is 38.5 Å². The second-order valence-corrected chi connectivity index (χ2v) is 5.30. The highest BCUT2D eigenvalue weighted by Gasteiger charge is 2.41. The molecule has 110 valence electrons. The molecule has 0 atom stereocenters. The second-order valence-electron chi connectivity index (χ2n) is 5.30. The van der Waals surface area contributed by atoms with Crippen molar-refractivity contribution in [3.63, 3.8) is 0 Å². The zero-order chi connectivity index (χ0) is 15.1. The molecule has 20 heavy (non-hydrogen) atoms. The summed E-state index contributed by atoms with van der Waals surface area (Å²) in [4.78, 5) is 3.67. The molecule has 7 heteroatoms. The third-order valence-electron chi connectivity index (χ3n) is 3.26. The van der Waals surface area contributed by atoms with Crippen molar-refractivity contribution in [2.24, 2.45) is 0 Å². The van der Waals surface area contributed by atoms with E-state index >= 15 is 0 Å². The fourth-order valence-corrected chi connectivity index (χ4v) is 2.29. The summed E-state index contributed by atoms with van der Waals surface area (Å²) >= 11 is 0. The van der Waals surface area contributed by atoms with Gasteiger partial charge >= 0.3 is 6.18 Å². The molecule has 0 spiro atoms. The summed E-state index contributed by atoms with van der Waals surface area (Å²) in [6.07, 6.45) is -4.38. The summed E-state index contributed by atoms with van der Waals surface area (Å²) in [7, 11) is 0. The molecule has 0 saturated carbocycles. The summed E-state index contributed by atoms with van der Waals surface area (Å²) in [6.45, 7) is 3.06. The third kappa shape index (κ3) is 2.45. The van der Waals surface area contributed by atoms with Gasteiger partial charge in [-0.3, -0.25) is 0 Å². The maximum atomic E-state index is 13.2. The summed E-state index contributed by atoms with van der Waals surface area (Å²) < 4.78 is 40.7. The van der Waals surface area contributed by atoms with Crippen LogP contribution in [0.4, 0.5) is 18.9 Å². The molecule has 3 N–H and O–H groups in total. The van der Waals surface area contributed by atoms with Crippen molar-refractivity contribution in [1.82, 2.24) is 9.55 Å². The number of rotatable bonds is 3. The molecule has 1 aromatic heterocycles. The van der Waals surface area contributed by atoms with Crippen molar-refractivity contribution in [2.45, 2.75) is 32.0 Å². The number of aromatic nitrogens is 2. The van der Waals surface area contributed by atoms with E-state index in [1.807, 2.05) is 0 Å². The molecule has 0 aliphatic carbocycles. The molecule has 0 unspecified atom stereocenters. The van der Waals surface area contributed by atoms with Crippen molar-refractivity contribution in [3.8, 4) is 0 Å². The Morgan fingerprint density at radius 3 is 2.50 bits per heavy atom. The monoisotopic (exact) mass is 287 g/mol. The van der Waals surface area contributed by atoms with Crippen LogP contribution in [0.3, 0.4) is 0 Å². The van der Waals surface area contributed by atoms with E-state index in [1.165, 1.54) is 18.2 Å². The molecule has 0 saturated heterocycles. The van der Waals surface area contributed by atoms with Gasteiger partial charge < -0.3 is 15.4 Å². The largest absolute Gasteiger partial charge is 0.449 e. The van der Waals surface area contributed by atoms with Crippen LogP contribution in [0.1, 0.15) is 26.1 Å². The van der Waals surface area contributed by atoms with Gasteiger partial charge in [0, 0.05) is 17.8 Å². The Morgan fingerprint density at radius 2 is 1.95 bits per heavy atom. The number of halogens is 3. The van der Waals surface area contributed by atoms with Crippen molar-refractivity contribution in [3.05, 3.63) is 24.0 Å². The fraction of sp³-hybridized carbons (Fsp3) is 0.462. The first-order chi connectivity index (χ1) is 9.16. The quantitative estimate of drug-likeness (QED) is 0.853. The summed E-state index contributed by atoms with van der Waals surface area (Å²) in [5, 5.41) is 9.08. The van der Waals surface area contributed by atoms with Crippen LogP contribution in [-0.2, 0) is 11.7 Å². The Balaban J connectivity index is 2.78. The first-order valence-electron chi connectivity index (χ1n) is 6.13. The maximum Gasteiger partial charge on any atom is 0.449 e. The van der Waals surface area contributed by atoms with Gasteiger partial charge in [-0.25, -0.2) is 4.98 Å². The average Bonchev–Trinajstić information content (AvgIpc) is 2.67. The number of benzene rings is 1. The molecule has 0 aliphatic heterocycles. The van der Waals surface area contributed by atoms with Crippen LogP contribution in [0, 0.1) is 0 Å². The maximum absolute atomic E-state index is 13.2. The molecule has 4 nitrogen and oxygen atoms in total. The number of nitrogens with zero attached hydrogens (tertiary/aromatic N) is 2. The topological polar surface area (TPSA) is 64.1 Å². The summed E-state index contributed by atoms with van der Waals surface area (Å²) in [6, 6.07) is 4.47. The molecule has 0 aliphatic rings. The lowest BCUT2D eigenvalue weighted by Gasteiger charge is -2.29. The molecule has 1 heterocycles. The van der Waals surface area contributed by atoms with Crippen LogP contribution in [0.2, 0.25) is 0 Å². The van der Waals surface area contributed by atoms with Crippen LogP contribution in [0.25, 0.3) is 11.0 Å². The molecular formula is C13H16F3N3O. The van der Waals surface area contributed by atoms with Crippen LogP contribution in [0.15, 0.2) is 18.2 Å². The van der Waals surface area contributed by atoms with Crippen molar-refractivity contribution in [1.29, 1.82) is 0 Å². The van der Waals surface area contributed by atoms with E-state index in [2.05, 4.69) is 4.98 Å². The van der Waals surface area contributed by atoms with E-state index in [0.717, 1.165) is 4.57 Å². The number of aliphatic hydroxyl groups is 1. The van der Waals surface area contributed by atoms with E-state index in [0.29, 0.717) is 11.2 Å². The Bertz CT molecular complexity index is 632. The smallest absolute Gasteiger partial charge is 0.399 e. The number of alkyl halides is 3. The Kier molecular flexibility index (Phi) is 3.41. The van der Waals surface area contributed by atoms with Gasteiger partial charge in [0.2, 0.25) is 5.82 Å². The van der Waals surface area contributed by atoms with Gasteiger partial charge in [0.1, 0.15) is 0 Å². The van der Waals surface area contributed by atoms with E-state index in [4.69, 9.17) is 10.8 Å². The zero-order valence-corrected chi connectivity index (χ0v) is 11.2. The number of fused-ring (bicyclic) bond motifs is 1. The van der Waals surface area contributed by atoms with Crippen molar-refractivity contribution in [2.75, 3.05) is 12.3 Å². The number of hydrogen-bond donors (Lipinski definition) is 2. The predicted octanol–water partition coefficient (Wildman–Crippen LogP) is 2.75. The minimum Gasteiger partial charge on any atom is -0.399 e. The molecule has 0 fully saturated rings. The minimum absolute atomic E-state index is 0.186. The van der Waals surface area contributed by atoms with Gasteiger partial charge in [0.15, 0.2) is 0 Å². The average molecular weight is 287 g/mol. The molecule has 2 aromatic rings. The van der Waals surface area contributed by atoms with Gasteiger partial charge in [-0.1, -0.05) is 0 Å². The fourth-order valence-electron chi connectivity index (χ4n) is 2.29. The SMILES string of the molecule is CC(C)(CCO)n1c(C(F)(F)F)nc2cc(N)ccc21. The molecule has 0 radical (unpaired) electrons. The van der Waals surface area contributed by atoms with Crippen LogP contribution < -0.4 is 5.73 Å². The molecular weight excluding hydrogens is 271 g/mol. The van der Waals surface area contributed by atoms with Crippen molar-refractivity contribution < 1.29 is 18.3 Å². The Labute approximate surface area is 114 Å². The normalized spacial score (nSPS) is 13.1. The standard InChI is InChI=1S/C13H16F3N3O/c1-12(2,5-6-20)19-10-4-3-8(17)7-9(10)18-11(19)13(14,15)16/h3-4,7,20H,5-6,17H2,1-2H3. The highest BCUT2D eigenvalue weighted by atomic mass is 19.4. The lowest BCUT2D eigenvalue weighted by molar-refractivity contribution is -0.149. The first-order valence-corrected chi connectivity index (χ1v) is 6.13. The summed E-state index contributed by atoms with van der Waals surface area (Å²) in [5.41, 5.74) is 5.58.